The molecule has 0 saturated heterocycles. The molecule has 4 nitrogen and oxygen atoms in total. The lowest BCUT2D eigenvalue weighted by Gasteiger charge is -2.08. The van der Waals surface area contributed by atoms with Crippen LogP contribution in [0.5, 0.6) is 0 Å². The van der Waals surface area contributed by atoms with Gasteiger partial charge in [-0.1, -0.05) is 45.9 Å². The standard InChI is InChI=1S/C36H42N4S2/c1-5-39-23-9-7-11-35(39)29(3)27-31-13-17-33(18-14-31)37-21-25-41-42-26-22-38-34-19-15-32(16-20-34)28-30(4)36-12-8-10-24-40(36)6-2/h7-20,23-24,27-28H,5-6,21-22,25-26H2,1-4H3/p+2. The number of benzene rings is 2. The van der Waals surface area contributed by atoms with Crippen molar-refractivity contribution >= 4 is 56.3 Å². The van der Waals surface area contributed by atoms with Crippen molar-refractivity contribution in [3.8, 4) is 0 Å². The molecule has 0 spiro atoms. The van der Waals surface area contributed by atoms with E-state index in [2.05, 4.69) is 157 Å². The molecule has 6 heteroatoms. The monoisotopic (exact) mass is 596 g/mol. The summed E-state index contributed by atoms with van der Waals surface area (Å²) in [7, 11) is 3.85. The quantitative estimate of drug-likeness (QED) is 0.0821. The molecular formula is C36H44N4S2+2. The molecule has 4 rings (SSSR count). The van der Waals surface area contributed by atoms with Crippen LogP contribution in [-0.4, -0.2) is 24.6 Å². The van der Waals surface area contributed by atoms with E-state index in [1.807, 2.05) is 21.6 Å². The minimum atomic E-state index is 0.954. The number of rotatable bonds is 15. The molecule has 2 aromatic heterocycles. The maximum atomic E-state index is 3.55. The number of anilines is 2. The van der Waals surface area contributed by atoms with E-state index in [-0.39, 0.29) is 0 Å². The summed E-state index contributed by atoms with van der Waals surface area (Å²) in [5.74, 6) is 2.13. The average molecular weight is 597 g/mol. The van der Waals surface area contributed by atoms with E-state index < -0.39 is 0 Å². The summed E-state index contributed by atoms with van der Waals surface area (Å²) >= 11 is 0. The van der Waals surface area contributed by atoms with Gasteiger partial charge in [-0.15, -0.1) is 0 Å². The second kappa shape index (κ2) is 16.8. The predicted molar refractivity (Wildman–Crippen MR) is 186 cm³/mol. The number of pyridine rings is 2. The summed E-state index contributed by atoms with van der Waals surface area (Å²) in [6.45, 7) is 12.6. The summed E-state index contributed by atoms with van der Waals surface area (Å²) in [5, 5.41) is 7.09. The molecule has 0 atom stereocenters. The lowest BCUT2D eigenvalue weighted by molar-refractivity contribution is -0.695. The van der Waals surface area contributed by atoms with Gasteiger partial charge in [0.15, 0.2) is 12.4 Å². The van der Waals surface area contributed by atoms with Gasteiger partial charge >= 0.3 is 0 Å². The van der Waals surface area contributed by atoms with Crippen molar-refractivity contribution in [2.24, 2.45) is 0 Å². The zero-order chi connectivity index (χ0) is 29.6. The third kappa shape index (κ3) is 9.53. The number of nitrogens with zero attached hydrogens (tertiary/aromatic N) is 2. The number of hydrogen-bond donors (Lipinski definition) is 2. The Balaban J connectivity index is 1.11. The third-order valence-corrected chi connectivity index (χ3v) is 9.48. The van der Waals surface area contributed by atoms with Gasteiger partial charge in [-0.3, -0.25) is 0 Å². The Morgan fingerprint density at radius 1 is 0.595 bits per heavy atom. The highest BCUT2D eigenvalue weighted by Crippen LogP contribution is 2.22. The van der Waals surface area contributed by atoms with Crippen molar-refractivity contribution in [2.75, 3.05) is 35.2 Å². The highest BCUT2D eigenvalue weighted by molar-refractivity contribution is 8.76. The molecule has 0 bridgehead atoms. The minimum Gasteiger partial charge on any atom is -0.384 e. The van der Waals surface area contributed by atoms with Crippen molar-refractivity contribution in [2.45, 2.75) is 40.8 Å². The summed E-state index contributed by atoms with van der Waals surface area (Å²) < 4.78 is 4.55. The van der Waals surface area contributed by atoms with Gasteiger partial charge in [-0.2, -0.15) is 9.13 Å². The summed E-state index contributed by atoms with van der Waals surface area (Å²) in [6.07, 6.45) is 8.79. The van der Waals surface area contributed by atoms with Crippen LogP contribution in [0.15, 0.2) is 97.3 Å². The number of nitrogens with one attached hydrogen (secondary N) is 2. The van der Waals surface area contributed by atoms with Crippen LogP contribution in [-0.2, 0) is 13.1 Å². The number of allylic oxidation sites excluding steroid dienone is 2. The van der Waals surface area contributed by atoms with Crippen molar-refractivity contribution < 1.29 is 9.13 Å². The maximum Gasteiger partial charge on any atom is 0.208 e. The SMILES string of the molecule is CC[n+]1ccccc1C(C)=Cc1ccc(NCCSSCCNc2ccc(C=C(C)c3cccc[n+]3CC)cc2)cc1. The summed E-state index contributed by atoms with van der Waals surface area (Å²) in [4.78, 5) is 0. The zero-order valence-corrected chi connectivity index (χ0v) is 27.0. The van der Waals surface area contributed by atoms with Gasteiger partial charge in [0.2, 0.25) is 11.4 Å². The van der Waals surface area contributed by atoms with Crippen LogP contribution in [0.25, 0.3) is 23.3 Å². The van der Waals surface area contributed by atoms with Crippen LogP contribution in [0.1, 0.15) is 50.2 Å². The molecule has 42 heavy (non-hydrogen) atoms. The molecule has 0 radical (unpaired) electrons. The molecule has 0 fully saturated rings. The van der Waals surface area contributed by atoms with E-state index in [0.29, 0.717) is 0 Å². The molecule has 2 N–H and O–H groups in total. The van der Waals surface area contributed by atoms with Crippen molar-refractivity contribution in [1.29, 1.82) is 0 Å². The molecule has 0 unspecified atom stereocenters. The summed E-state index contributed by atoms with van der Waals surface area (Å²) in [5.41, 5.74) is 9.85. The van der Waals surface area contributed by atoms with E-state index >= 15 is 0 Å². The Morgan fingerprint density at radius 3 is 1.38 bits per heavy atom. The largest absolute Gasteiger partial charge is 0.384 e. The van der Waals surface area contributed by atoms with Gasteiger partial charge in [0.25, 0.3) is 0 Å². The number of hydrogen-bond acceptors (Lipinski definition) is 4. The van der Waals surface area contributed by atoms with Gasteiger partial charge in [0.1, 0.15) is 13.1 Å². The Morgan fingerprint density at radius 2 is 1.00 bits per heavy atom. The van der Waals surface area contributed by atoms with E-state index in [1.54, 1.807) is 0 Å². The Labute approximate surface area is 260 Å². The van der Waals surface area contributed by atoms with Crippen LogP contribution in [0.4, 0.5) is 11.4 Å². The first-order valence-electron chi connectivity index (χ1n) is 14.8. The van der Waals surface area contributed by atoms with Gasteiger partial charge in [-0.25, -0.2) is 0 Å². The van der Waals surface area contributed by atoms with Crippen LogP contribution in [0.2, 0.25) is 0 Å². The second-order valence-corrected chi connectivity index (χ2v) is 12.8. The molecular weight excluding hydrogens is 553 g/mol. The predicted octanol–water partition coefficient (Wildman–Crippen LogP) is 8.33. The number of aromatic nitrogens is 2. The first-order chi connectivity index (χ1) is 20.6. The molecule has 0 aliphatic heterocycles. The van der Waals surface area contributed by atoms with Crippen molar-refractivity contribution in [3.63, 3.8) is 0 Å². The highest BCUT2D eigenvalue weighted by atomic mass is 33.1. The van der Waals surface area contributed by atoms with E-state index in [0.717, 1.165) is 37.7 Å². The maximum absolute atomic E-state index is 3.55. The molecule has 2 heterocycles. The van der Waals surface area contributed by atoms with Gasteiger partial charge < -0.3 is 10.6 Å². The van der Waals surface area contributed by atoms with Gasteiger partial charge in [-0.05, 0) is 87.4 Å². The molecule has 4 aromatic rings. The highest BCUT2D eigenvalue weighted by Gasteiger charge is 2.10. The first-order valence-corrected chi connectivity index (χ1v) is 17.3. The normalized spacial score (nSPS) is 11.9. The van der Waals surface area contributed by atoms with Crippen molar-refractivity contribution in [1.82, 2.24) is 0 Å². The lowest BCUT2D eigenvalue weighted by atomic mass is 10.1. The van der Waals surface area contributed by atoms with Crippen LogP contribution in [0, 0.1) is 0 Å². The zero-order valence-electron chi connectivity index (χ0n) is 25.3. The van der Waals surface area contributed by atoms with Crippen LogP contribution in [0.3, 0.4) is 0 Å². The molecule has 0 aliphatic carbocycles. The van der Waals surface area contributed by atoms with Crippen LogP contribution < -0.4 is 19.8 Å². The topological polar surface area (TPSA) is 31.8 Å². The Hall–Kier alpha value is -3.48. The fourth-order valence-corrected chi connectivity index (χ4v) is 6.67. The molecule has 0 amide bonds. The van der Waals surface area contributed by atoms with E-state index in [4.69, 9.17) is 0 Å². The van der Waals surface area contributed by atoms with Gasteiger partial charge in [0, 0.05) is 71.4 Å². The fraction of sp³-hybridized carbons (Fsp3) is 0.278. The van der Waals surface area contributed by atoms with Gasteiger partial charge in [0.05, 0.1) is 0 Å². The molecule has 2 aromatic carbocycles. The van der Waals surface area contributed by atoms with Crippen molar-refractivity contribution in [3.05, 3.63) is 120 Å². The third-order valence-electron chi connectivity index (χ3n) is 7.07. The van der Waals surface area contributed by atoms with Crippen LogP contribution >= 0.6 is 21.6 Å². The van der Waals surface area contributed by atoms with E-state index in [9.17, 15) is 0 Å². The average Bonchev–Trinajstić information content (AvgIpc) is 3.03. The Bertz CT molecular complexity index is 1350. The number of aryl methyl sites for hydroxylation is 2. The smallest absolute Gasteiger partial charge is 0.208 e. The van der Waals surface area contributed by atoms with E-state index in [1.165, 1.54) is 45.0 Å². The lowest BCUT2D eigenvalue weighted by Crippen LogP contribution is -2.35. The fourth-order valence-electron chi connectivity index (χ4n) is 4.85. The minimum absolute atomic E-state index is 0.954. The Kier molecular flexibility index (Phi) is 12.6. The molecule has 0 aliphatic rings. The first kappa shape index (κ1) is 31.5. The summed E-state index contributed by atoms with van der Waals surface area (Å²) in [6, 6.07) is 30.2. The molecule has 0 saturated carbocycles. The second-order valence-electron chi connectivity index (χ2n) is 10.1. The molecule has 218 valence electrons.